The predicted octanol–water partition coefficient (Wildman–Crippen LogP) is 2.21. The lowest BCUT2D eigenvalue weighted by Gasteiger charge is -2.25. The summed E-state index contributed by atoms with van der Waals surface area (Å²) in [5.74, 6) is -1.29. The summed E-state index contributed by atoms with van der Waals surface area (Å²) >= 11 is 0. The standard InChI is InChI=1S/C14H17NO3/c1-3-15(11-7-5-4-6-10(11)2)12(16)14(8-9-14)13(17)18/h4-7H,3,8-9H2,1-2H3,(H,17,18). The minimum absolute atomic E-state index is 0.285. The molecule has 4 heteroatoms. The number of amides is 1. The number of hydrogen-bond donors (Lipinski definition) is 1. The smallest absolute Gasteiger partial charge is 0.319 e. The first kappa shape index (κ1) is 12.6. The van der Waals surface area contributed by atoms with Crippen molar-refractivity contribution in [1.29, 1.82) is 0 Å². The minimum atomic E-state index is -1.17. The van der Waals surface area contributed by atoms with Gasteiger partial charge in [-0.15, -0.1) is 0 Å². The van der Waals surface area contributed by atoms with Crippen molar-refractivity contribution >= 4 is 17.6 Å². The number of carbonyl (C=O) groups excluding carboxylic acids is 1. The van der Waals surface area contributed by atoms with Crippen molar-refractivity contribution in [1.82, 2.24) is 0 Å². The second-order valence-electron chi connectivity index (χ2n) is 4.72. The molecule has 0 bridgehead atoms. The molecule has 1 aliphatic carbocycles. The van der Waals surface area contributed by atoms with E-state index in [0.717, 1.165) is 11.3 Å². The molecule has 4 nitrogen and oxygen atoms in total. The number of para-hydroxylation sites is 1. The normalized spacial score (nSPS) is 16.1. The van der Waals surface area contributed by atoms with Crippen LogP contribution in [0.1, 0.15) is 25.3 Å². The van der Waals surface area contributed by atoms with Gasteiger partial charge in [-0.2, -0.15) is 0 Å². The Morgan fingerprint density at radius 2 is 1.94 bits per heavy atom. The average Bonchev–Trinajstić information content (AvgIpc) is 3.13. The lowest BCUT2D eigenvalue weighted by Crippen LogP contribution is -2.41. The number of carbonyl (C=O) groups is 2. The SMILES string of the molecule is CCN(C(=O)C1(C(=O)O)CC1)c1ccccc1C. The summed E-state index contributed by atoms with van der Waals surface area (Å²) in [6.07, 6.45) is 0.896. The number of benzene rings is 1. The van der Waals surface area contributed by atoms with Crippen molar-refractivity contribution in [3.63, 3.8) is 0 Å². The molecule has 1 aromatic carbocycles. The Bertz CT molecular complexity index is 492. The number of anilines is 1. The van der Waals surface area contributed by atoms with Crippen LogP contribution in [-0.2, 0) is 9.59 Å². The molecule has 1 aliphatic rings. The third-order valence-electron chi connectivity index (χ3n) is 3.54. The second kappa shape index (κ2) is 4.44. The van der Waals surface area contributed by atoms with Crippen LogP contribution < -0.4 is 4.90 Å². The fourth-order valence-corrected chi connectivity index (χ4v) is 2.19. The van der Waals surface area contributed by atoms with Gasteiger partial charge in [0.05, 0.1) is 0 Å². The van der Waals surface area contributed by atoms with E-state index in [9.17, 15) is 14.7 Å². The van der Waals surface area contributed by atoms with Crippen LogP contribution in [0.4, 0.5) is 5.69 Å². The van der Waals surface area contributed by atoms with E-state index in [1.165, 1.54) is 0 Å². The molecule has 96 valence electrons. The highest BCUT2D eigenvalue weighted by Gasteiger charge is 2.58. The van der Waals surface area contributed by atoms with Gasteiger partial charge >= 0.3 is 5.97 Å². The van der Waals surface area contributed by atoms with Gasteiger partial charge in [-0.3, -0.25) is 9.59 Å². The van der Waals surface area contributed by atoms with Crippen LogP contribution in [0.25, 0.3) is 0 Å². The number of hydrogen-bond acceptors (Lipinski definition) is 2. The molecule has 2 rings (SSSR count). The molecule has 1 N–H and O–H groups in total. The fraction of sp³-hybridized carbons (Fsp3) is 0.429. The Balaban J connectivity index is 2.33. The molecule has 0 atom stereocenters. The van der Waals surface area contributed by atoms with E-state index in [4.69, 9.17) is 0 Å². The van der Waals surface area contributed by atoms with Gasteiger partial charge in [0.2, 0.25) is 5.91 Å². The Labute approximate surface area is 106 Å². The largest absolute Gasteiger partial charge is 0.480 e. The number of carboxylic acid groups (broad SMARTS) is 1. The van der Waals surface area contributed by atoms with Crippen molar-refractivity contribution in [2.75, 3.05) is 11.4 Å². The number of rotatable bonds is 4. The molecule has 18 heavy (non-hydrogen) atoms. The highest BCUT2D eigenvalue weighted by Crippen LogP contribution is 2.48. The number of nitrogens with zero attached hydrogens (tertiary/aromatic N) is 1. The van der Waals surface area contributed by atoms with Gasteiger partial charge in [-0.1, -0.05) is 18.2 Å². The quantitative estimate of drug-likeness (QED) is 0.830. The van der Waals surface area contributed by atoms with Crippen molar-refractivity contribution in [2.45, 2.75) is 26.7 Å². The minimum Gasteiger partial charge on any atom is -0.480 e. The summed E-state index contributed by atoms with van der Waals surface area (Å²) in [6.45, 7) is 4.27. The van der Waals surface area contributed by atoms with Crippen LogP contribution in [-0.4, -0.2) is 23.5 Å². The average molecular weight is 247 g/mol. The molecule has 0 saturated heterocycles. The number of aryl methyl sites for hydroxylation is 1. The summed E-state index contributed by atoms with van der Waals surface area (Å²) in [4.78, 5) is 25.2. The molecular formula is C14H17NO3. The Morgan fingerprint density at radius 3 is 2.39 bits per heavy atom. The maximum absolute atomic E-state index is 12.4. The first-order valence-electron chi connectivity index (χ1n) is 6.14. The Hall–Kier alpha value is -1.84. The topological polar surface area (TPSA) is 57.6 Å². The van der Waals surface area contributed by atoms with E-state index in [0.29, 0.717) is 19.4 Å². The number of carboxylic acids is 1. The fourth-order valence-electron chi connectivity index (χ4n) is 2.19. The van der Waals surface area contributed by atoms with E-state index >= 15 is 0 Å². The Morgan fingerprint density at radius 1 is 1.33 bits per heavy atom. The van der Waals surface area contributed by atoms with Gasteiger partial charge in [-0.05, 0) is 38.3 Å². The van der Waals surface area contributed by atoms with Gasteiger partial charge < -0.3 is 10.0 Å². The van der Waals surface area contributed by atoms with Crippen molar-refractivity contribution < 1.29 is 14.7 Å². The van der Waals surface area contributed by atoms with Crippen LogP contribution in [0.2, 0.25) is 0 Å². The maximum Gasteiger partial charge on any atom is 0.319 e. The Kier molecular flexibility index (Phi) is 3.11. The summed E-state index contributed by atoms with van der Waals surface area (Å²) in [5, 5.41) is 9.19. The van der Waals surface area contributed by atoms with E-state index in [-0.39, 0.29) is 5.91 Å². The molecule has 0 aromatic heterocycles. The molecular weight excluding hydrogens is 230 g/mol. The molecule has 1 aromatic rings. The van der Waals surface area contributed by atoms with E-state index < -0.39 is 11.4 Å². The van der Waals surface area contributed by atoms with Crippen LogP contribution in [0.5, 0.6) is 0 Å². The molecule has 1 fully saturated rings. The maximum atomic E-state index is 12.4. The molecule has 1 saturated carbocycles. The lowest BCUT2D eigenvalue weighted by molar-refractivity contribution is -0.148. The summed E-state index contributed by atoms with van der Waals surface area (Å²) in [7, 11) is 0. The zero-order valence-corrected chi connectivity index (χ0v) is 10.6. The molecule has 0 unspecified atom stereocenters. The highest BCUT2D eigenvalue weighted by atomic mass is 16.4. The predicted molar refractivity (Wildman–Crippen MR) is 68.5 cm³/mol. The first-order chi connectivity index (χ1) is 8.53. The summed E-state index contributed by atoms with van der Waals surface area (Å²) in [6, 6.07) is 7.54. The first-order valence-corrected chi connectivity index (χ1v) is 6.14. The lowest BCUT2D eigenvalue weighted by atomic mass is 10.0. The van der Waals surface area contributed by atoms with E-state index in [1.54, 1.807) is 4.90 Å². The molecule has 0 aliphatic heterocycles. The third-order valence-corrected chi connectivity index (χ3v) is 3.54. The third kappa shape index (κ3) is 1.88. The number of aliphatic carboxylic acids is 1. The zero-order valence-electron chi connectivity index (χ0n) is 10.6. The zero-order chi connectivity index (χ0) is 13.3. The summed E-state index contributed by atoms with van der Waals surface area (Å²) in [5.41, 5.74) is 0.615. The van der Waals surface area contributed by atoms with Crippen molar-refractivity contribution in [3.05, 3.63) is 29.8 Å². The van der Waals surface area contributed by atoms with E-state index in [1.807, 2.05) is 38.1 Å². The monoisotopic (exact) mass is 247 g/mol. The van der Waals surface area contributed by atoms with Gasteiger partial charge in [-0.25, -0.2) is 0 Å². The van der Waals surface area contributed by atoms with Crippen LogP contribution in [0, 0.1) is 12.3 Å². The van der Waals surface area contributed by atoms with Crippen molar-refractivity contribution in [2.24, 2.45) is 5.41 Å². The molecule has 1 amide bonds. The second-order valence-corrected chi connectivity index (χ2v) is 4.72. The summed E-state index contributed by atoms with van der Waals surface area (Å²) < 4.78 is 0. The van der Waals surface area contributed by atoms with Gasteiger partial charge in [0.25, 0.3) is 0 Å². The molecule has 0 heterocycles. The highest BCUT2D eigenvalue weighted by molar-refractivity contribution is 6.12. The molecule has 0 radical (unpaired) electrons. The van der Waals surface area contributed by atoms with Gasteiger partial charge in [0.1, 0.15) is 5.41 Å². The van der Waals surface area contributed by atoms with Crippen LogP contribution in [0.15, 0.2) is 24.3 Å². The van der Waals surface area contributed by atoms with Gasteiger partial charge in [0.15, 0.2) is 0 Å². The van der Waals surface area contributed by atoms with Crippen LogP contribution in [0.3, 0.4) is 0 Å². The van der Waals surface area contributed by atoms with Gasteiger partial charge in [0, 0.05) is 12.2 Å². The van der Waals surface area contributed by atoms with E-state index in [2.05, 4.69) is 0 Å². The van der Waals surface area contributed by atoms with Crippen LogP contribution >= 0.6 is 0 Å². The molecule has 0 spiro atoms. The van der Waals surface area contributed by atoms with Crippen molar-refractivity contribution in [3.8, 4) is 0 Å².